The molecule has 3 aromatic rings. The van der Waals surface area contributed by atoms with Crippen LogP contribution in [0.15, 0.2) is 59.6 Å². The number of ketones is 1. The summed E-state index contributed by atoms with van der Waals surface area (Å²) in [5.41, 5.74) is 1.10. The summed E-state index contributed by atoms with van der Waals surface area (Å²) in [5.74, 6) is -1.54. The molecule has 30 heavy (non-hydrogen) atoms. The van der Waals surface area contributed by atoms with E-state index in [0.717, 1.165) is 5.52 Å². The van der Waals surface area contributed by atoms with Crippen molar-refractivity contribution in [3.05, 3.63) is 65.3 Å². The number of Topliss-reactive ketones (excluding diaryl/α,β-unsaturated/α-hetero) is 1. The van der Waals surface area contributed by atoms with Gasteiger partial charge >= 0.3 is 5.97 Å². The highest BCUT2D eigenvalue weighted by atomic mass is 35.5. The molecule has 8 nitrogen and oxygen atoms in total. The van der Waals surface area contributed by atoms with Crippen molar-refractivity contribution in [3.63, 3.8) is 0 Å². The number of ether oxygens (including phenoxy) is 1. The predicted molar refractivity (Wildman–Crippen MR) is 111 cm³/mol. The third-order valence-electron chi connectivity index (χ3n) is 4.38. The number of aromatic nitrogens is 1. The van der Waals surface area contributed by atoms with E-state index in [1.807, 2.05) is 6.07 Å². The molecule has 0 fully saturated rings. The number of para-hydroxylation sites is 1. The summed E-state index contributed by atoms with van der Waals surface area (Å²) in [6, 6.07) is 10.8. The smallest absolute Gasteiger partial charge is 0.327 e. The Balaban J connectivity index is 1.69. The Labute approximate surface area is 177 Å². The van der Waals surface area contributed by atoms with Crippen LogP contribution in [0.3, 0.4) is 0 Å². The van der Waals surface area contributed by atoms with E-state index >= 15 is 0 Å². The summed E-state index contributed by atoms with van der Waals surface area (Å²) in [6.07, 6.45) is 0.110. The van der Waals surface area contributed by atoms with Gasteiger partial charge in [-0.1, -0.05) is 29.8 Å². The van der Waals surface area contributed by atoms with E-state index in [1.165, 1.54) is 37.4 Å². The second-order valence-corrected chi connectivity index (χ2v) is 8.72. The number of aliphatic hydroxyl groups excluding tert-OH is 1. The molecule has 0 aliphatic rings. The van der Waals surface area contributed by atoms with Crippen molar-refractivity contribution in [1.29, 1.82) is 0 Å². The number of halogens is 1. The number of esters is 1. The van der Waals surface area contributed by atoms with Crippen molar-refractivity contribution in [1.82, 2.24) is 9.71 Å². The summed E-state index contributed by atoms with van der Waals surface area (Å²) < 4.78 is 32.1. The van der Waals surface area contributed by atoms with Crippen LogP contribution in [0.2, 0.25) is 5.02 Å². The molecule has 0 aliphatic heterocycles. The lowest BCUT2D eigenvalue weighted by molar-refractivity contribution is -0.147. The van der Waals surface area contributed by atoms with Gasteiger partial charge in [0.05, 0.1) is 11.0 Å². The van der Waals surface area contributed by atoms with Gasteiger partial charge in [0.2, 0.25) is 15.8 Å². The molecule has 0 saturated heterocycles. The Morgan fingerprint density at radius 3 is 2.50 bits per heavy atom. The highest BCUT2D eigenvalue weighted by molar-refractivity contribution is 7.89. The minimum atomic E-state index is -4.14. The number of nitrogens with one attached hydrogen (secondary N) is 2. The molecule has 3 N–H and O–H groups in total. The topological polar surface area (TPSA) is 126 Å². The molecular formula is C20H19ClN2O6S. The van der Waals surface area contributed by atoms with E-state index in [2.05, 4.69) is 9.71 Å². The van der Waals surface area contributed by atoms with Crippen molar-refractivity contribution >= 4 is 44.3 Å². The van der Waals surface area contributed by atoms with Gasteiger partial charge in [-0.15, -0.1) is 0 Å². The molecule has 158 valence electrons. The van der Waals surface area contributed by atoms with Crippen LogP contribution in [0.25, 0.3) is 10.9 Å². The number of carbonyl (C=O) groups is 2. The maximum atomic E-state index is 12.5. The number of aromatic amines is 1. The standard InChI is InChI=1S/C20H19ClN2O6S/c1-12(24)19(23-30(27,28)14-8-6-13(21)7-9-14)20(26)29-11-18(25)16-10-22-17-5-3-2-4-15(16)17/h2-10,12,19,22-24H,11H2,1H3/t12-,19+/m0/s1. The SMILES string of the molecule is C[C@H](O)[C@@H](NS(=O)(=O)c1ccc(Cl)cc1)C(=O)OCC(=O)c1c[nH]c2ccccc12. The number of fused-ring (bicyclic) bond motifs is 1. The zero-order valence-corrected chi connectivity index (χ0v) is 17.4. The van der Waals surface area contributed by atoms with Gasteiger partial charge in [0.1, 0.15) is 6.04 Å². The molecular weight excluding hydrogens is 432 g/mol. The highest BCUT2D eigenvalue weighted by Gasteiger charge is 2.31. The van der Waals surface area contributed by atoms with Gasteiger partial charge in [0.25, 0.3) is 0 Å². The minimum Gasteiger partial charge on any atom is -0.456 e. The molecule has 0 saturated carbocycles. The Morgan fingerprint density at radius 2 is 1.83 bits per heavy atom. The maximum absolute atomic E-state index is 12.5. The Morgan fingerprint density at radius 1 is 1.17 bits per heavy atom. The lowest BCUT2D eigenvalue weighted by atomic mass is 10.1. The number of rotatable bonds is 8. The van der Waals surface area contributed by atoms with E-state index in [-0.39, 0.29) is 4.90 Å². The summed E-state index contributed by atoms with van der Waals surface area (Å²) in [5, 5.41) is 10.9. The van der Waals surface area contributed by atoms with Gasteiger partial charge in [0.15, 0.2) is 6.61 Å². The van der Waals surface area contributed by atoms with Crippen LogP contribution in [0.5, 0.6) is 0 Å². The first-order valence-corrected chi connectivity index (χ1v) is 10.8. The second kappa shape index (κ2) is 8.97. The fourth-order valence-electron chi connectivity index (χ4n) is 2.80. The number of benzene rings is 2. The van der Waals surface area contributed by atoms with Crippen molar-refractivity contribution in [2.24, 2.45) is 0 Å². The summed E-state index contributed by atoms with van der Waals surface area (Å²) in [7, 11) is -4.14. The molecule has 2 aromatic carbocycles. The van der Waals surface area contributed by atoms with Gasteiger partial charge < -0.3 is 14.8 Å². The van der Waals surface area contributed by atoms with Crippen LogP contribution in [0.1, 0.15) is 17.3 Å². The highest BCUT2D eigenvalue weighted by Crippen LogP contribution is 2.19. The zero-order valence-electron chi connectivity index (χ0n) is 15.8. The third-order valence-corrected chi connectivity index (χ3v) is 6.09. The van der Waals surface area contributed by atoms with Gasteiger partial charge in [-0.3, -0.25) is 9.59 Å². The van der Waals surface area contributed by atoms with Crippen LogP contribution in [0, 0.1) is 0 Å². The Hall–Kier alpha value is -2.72. The quantitative estimate of drug-likeness (QED) is 0.357. The molecule has 0 unspecified atom stereocenters. The summed E-state index contributed by atoms with van der Waals surface area (Å²) in [6.45, 7) is 0.629. The molecule has 2 atom stereocenters. The number of sulfonamides is 1. The van der Waals surface area contributed by atoms with E-state index in [0.29, 0.717) is 16.0 Å². The van der Waals surface area contributed by atoms with Crippen LogP contribution in [-0.4, -0.2) is 49.0 Å². The van der Waals surface area contributed by atoms with E-state index in [9.17, 15) is 23.1 Å². The number of H-pyrrole nitrogens is 1. The van der Waals surface area contributed by atoms with Crippen molar-refractivity contribution in [3.8, 4) is 0 Å². The predicted octanol–water partition coefficient (Wildman–Crippen LogP) is 2.28. The van der Waals surface area contributed by atoms with Crippen LogP contribution in [0.4, 0.5) is 0 Å². The molecule has 0 amide bonds. The lowest BCUT2D eigenvalue weighted by Crippen LogP contribution is -2.48. The van der Waals surface area contributed by atoms with Crippen molar-refractivity contribution in [2.75, 3.05) is 6.61 Å². The average molecular weight is 451 g/mol. The monoisotopic (exact) mass is 450 g/mol. The fraction of sp³-hybridized carbons (Fsp3) is 0.200. The van der Waals surface area contributed by atoms with E-state index in [4.69, 9.17) is 16.3 Å². The van der Waals surface area contributed by atoms with E-state index < -0.39 is 40.5 Å². The number of hydrogen-bond donors (Lipinski definition) is 3. The normalized spacial score (nSPS) is 13.7. The Bertz CT molecular complexity index is 1170. The van der Waals surface area contributed by atoms with Crippen LogP contribution in [-0.2, 0) is 19.6 Å². The molecule has 10 heteroatoms. The zero-order chi connectivity index (χ0) is 21.9. The molecule has 0 bridgehead atoms. The first kappa shape index (κ1) is 22.0. The Kier molecular flexibility index (Phi) is 6.57. The van der Waals surface area contributed by atoms with Crippen molar-refractivity contribution in [2.45, 2.75) is 24.0 Å². The molecule has 1 heterocycles. The van der Waals surface area contributed by atoms with Crippen molar-refractivity contribution < 1.29 is 27.9 Å². The first-order valence-electron chi connectivity index (χ1n) is 8.91. The molecule has 0 spiro atoms. The first-order chi connectivity index (χ1) is 14.2. The van der Waals surface area contributed by atoms with Gasteiger partial charge in [-0.2, -0.15) is 4.72 Å². The largest absolute Gasteiger partial charge is 0.456 e. The second-order valence-electron chi connectivity index (χ2n) is 6.57. The number of aliphatic hydroxyl groups is 1. The molecule has 0 aliphatic carbocycles. The number of carbonyl (C=O) groups excluding carboxylic acids is 2. The van der Waals surface area contributed by atoms with Gasteiger partial charge in [-0.05, 0) is 37.3 Å². The van der Waals surface area contributed by atoms with E-state index in [1.54, 1.807) is 18.2 Å². The summed E-state index contributed by atoms with van der Waals surface area (Å²) in [4.78, 5) is 27.6. The lowest BCUT2D eigenvalue weighted by Gasteiger charge is -2.20. The summed E-state index contributed by atoms with van der Waals surface area (Å²) >= 11 is 5.75. The average Bonchev–Trinajstić information content (AvgIpc) is 3.14. The molecule has 3 rings (SSSR count). The molecule has 0 radical (unpaired) electrons. The van der Waals surface area contributed by atoms with Crippen LogP contribution >= 0.6 is 11.6 Å². The number of hydrogen-bond acceptors (Lipinski definition) is 6. The molecule has 1 aromatic heterocycles. The minimum absolute atomic E-state index is 0.139. The van der Waals surface area contributed by atoms with Gasteiger partial charge in [0, 0.05) is 27.7 Å². The maximum Gasteiger partial charge on any atom is 0.327 e. The third kappa shape index (κ3) is 4.88. The van der Waals surface area contributed by atoms with Crippen LogP contribution < -0.4 is 4.72 Å². The van der Waals surface area contributed by atoms with Gasteiger partial charge in [-0.25, -0.2) is 8.42 Å². The fourth-order valence-corrected chi connectivity index (χ4v) is 4.18.